The Morgan fingerprint density at radius 1 is 1.25 bits per heavy atom. The summed E-state index contributed by atoms with van der Waals surface area (Å²) in [6.07, 6.45) is 0.628. The highest BCUT2D eigenvalue weighted by Gasteiger charge is 2.26. The molecule has 0 aliphatic rings. The lowest BCUT2D eigenvalue weighted by Gasteiger charge is -2.23. The molecular formula is C13H13BrOS. The summed E-state index contributed by atoms with van der Waals surface area (Å²) < 4.78 is 0.985. The Morgan fingerprint density at radius 2 is 1.94 bits per heavy atom. The second-order valence-corrected chi connectivity index (χ2v) is 5.67. The minimum Gasteiger partial charge on any atom is -0.385 e. The third kappa shape index (κ3) is 2.54. The maximum Gasteiger partial charge on any atom is 0.0927 e. The van der Waals surface area contributed by atoms with Crippen LogP contribution in [-0.2, 0) is 12.0 Å². The van der Waals surface area contributed by atoms with Gasteiger partial charge in [-0.3, -0.25) is 0 Å². The molecule has 0 saturated heterocycles. The molecule has 0 spiro atoms. The molecule has 0 aliphatic heterocycles. The van der Waals surface area contributed by atoms with Gasteiger partial charge in [0.1, 0.15) is 0 Å². The standard InChI is InChI=1S/C13H13BrOS/c1-13(15,11-8-16-9-12(11)14)7-10-5-3-2-4-6-10/h2-6,8-9,15H,7H2,1H3. The van der Waals surface area contributed by atoms with Gasteiger partial charge in [-0.2, -0.15) is 11.3 Å². The summed E-state index contributed by atoms with van der Waals surface area (Å²) in [5.41, 5.74) is 1.28. The molecule has 1 N–H and O–H groups in total. The first-order valence-electron chi connectivity index (χ1n) is 5.08. The SMILES string of the molecule is CC(O)(Cc1ccccc1)c1cscc1Br. The summed E-state index contributed by atoms with van der Waals surface area (Å²) >= 11 is 5.06. The van der Waals surface area contributed by atoms with Gasteiger partial charge in [-0.1, -0.05) is 30.3 Å². The highest BCUT2D eigenvalue weighted by atomic mass is 79.9. The molecule has 1 nitrogen and oxygen atoms in total. The quantitative estimate of drug-likeness (QED) is 0.909. The molecule has 3 heteroatoms. The third-order valence-electron chi connectivity index (χ3n) is 2.59. The lowest BCUT2D eigenvalue weighted by Crippen LogP contribution is -2.23. The molecule has 2 aromatic rings. The largest absolute Gasteiger partial charge is 0.385 e. The van der Waals surface area contributed by atoms with Gasteiger partial charge >= 0.3 is 0 Å². The number of halogens is 1. The second-order valence-electron chi connectivity index (χ2n) is 4.07. The molecule has 84 valence electrons. The van der Waals surface area contributed by atoms with Crippen molar-refractivity contribution in [2.75, 3.05) is 0 Å². The van der Waals surface area contributed by atoms with Gasteiger partial charge in [0.25, 0.3) is 0 Å². The van der Waals surface area contributed by atoms with Gasteiger partial charge in [0, 0.05) is 21.8 Å². The van der Waals surface area contributed by atoms with E-state index in [0.717, 1.165) is 15.6 Å². The van der Waals surface area contributed by atoms with E-state index in [0.29, 0.717) is 6.42 Å². The van der Waals surface area contributed by atoms with Gasteiger partial charge in [-0.05, 0) is 33.8 Å². The van der Waals surface area contributed by atoms with Crippen molar-refractivity contribution in [2.45, 2.75) is 18.9 Å². The van der Waals surface area contributed by atoms with Gasteiger partial charge in [0.2, 0.25) is 0 Å². The van der Waals surface area contributed by atoms with E-state index < -0.39 is 5.60 Å². The minimum absolute atomic E-state index is 0.628. The lowest BCUT2D eigenvalue weighted by atomic mass is 9.91. The normalized spacial score (nSPS) is 14.7. The highest BCUT2D eigenvalue weighted by molar-refractivity contribution is 9.10. The van der Waals surface area contributed by atoms with E-state index in [1.807, 2.05) is 48.0 Å². The van der Waals surface area contributed by atoms with E-state index in [2.05, 4.69) is 15.9 Å². The number of hydrogen-bond acceptors (Lipinski definition) is 2. The molecule has 1 atom stereocenters. The van der Waals surface area contributed by atoms with Crippen molar-refractivity contribution in [2.24, 2.45) is 0 Å². The van der Waals surface area contributed by atoms with Crippen LogP contribution in [0.2, 0.25) is 0 Å². The van der Waals surface area contributed by atoms with E-state index in [4.69, 9.17) is 0 Å². The molecule has 1 aromatic carbocycles. The predicted molar refractivity (Wildman–Crippen MR) is 71.7 cm³/mol. The van der Waals surface area contributed by atoms with Crippen LogP contribution in [0, 0.1) is 0 Å². The number of thiophene rings is 1. The number of aliphatic hydroxyl groups is 1. The first-order chi connectivity index (χ1) is 7.59. The lowest BCUT2D eigenvalue weighted by molar-refractivity contribution is 0.0574. The second kappa shape index (κ2) is 4.70. The van der Waals surface area contributed by atoms with Crippen LogP contribution in [-0.4, -0.2) is 5.11 Å². The van der Waals surface area contributed by atoms with Gasteiger partial charge in [0.15, 0.2) is 0 Å². The van der Waals surface area contributed by atoms with Crippen LogP contribution in [0.5, 0.6) is 0 Å². The molecule has 1 unspecified atom stereocenters. The van der Waals surface area contributed by atoms with Crippen molar-refractivity contribution >= 4 is 27.3 Å². The zero-order chi connectivity index (χ0) is 11.6. The van der Waals surface area contributed by atoms with Crippen molar-refractivity contribution in [1.82, 2.24) is 0 Å². The molecule has 16 heavy (non-hydrogen) atoms. The predicted octanol–water partition coefficient (Wildman–Crippen LogP) is 3.96. The first-order valence-corrected chi connectivity index (χ1v) is 6.81. The molecule has 0 saturated carbocycles. The average Bonchev–Trinajstić information content (AvgIpc) is 2.66. The molecular weight excluding hydrogens is 284 g/mol. The van der Waals surface area contributed by atoms with Crippen LogP contribution in [0.4, 0.5) is 0 Å². The maximum atomic E-state index is 10.5. The molecule has 1 aromatic heterocycles. The van der Waals surface area contributed by atoms with Gasteiger partial charge in [-0.15, -0.1) is 0 Å². The third-order valence-corrected chi connectivity index (χ3v) is 4.29. The van der Waals surface area contributed by atoms with Crippen molar-refractivity contribution in [1.29, 1.82) is 0 Å². The minimum atomic E-state index is -0.819. The average molecular weight is 297 g/mol. The highest BCUT2D eigenvalue weighted by Crippen LogP contribution is 2.33. The fourth-order valence-corrected chi connectivity index (χ4v) is 3.60. The molecule has 0 fully saturated rings. The van der Waals surface area contributed by atoms with Gasteiger partial charge < -0.3 is 5.11 Å². The number of rotatable bonds is 3. The summed E-state index contributed by atoms with van der Waals surface area (Å²) in [7, 11) is 0. The van der Waals surface area contributed by atoms with E-state index in [1.165, 1.54) is 0 Å². The van der Waals surface area contributed by atoms with Crippen LogP contribution in [0.25, 0.3) is 0 Å². The van der Waals surface area contributed by atoms with E-state index in [9.17, 15) is 5.11 Å². The smallest absolute Gasteiger partial charge is 0.0927 e. The summed E-state index contributed by atoms with van der Waals surface area (Å²) in [6.45, 7) is 1.85. The summed E-state index contributed by atoms with van der Waals surface area (Å²) in [5.74, 6) is 0. The van der Waals surface area contributed by atoms with Crippen LogP contribution < -0.4 is 0 Å². The zero-order valence-electron chi connectivity index (χ0n) is 8.98. The molecule has 0 bridgehead atoms. The van der Waals surface area contributed by atoms with Crippen molar-refractivity contribution in [3.63, 3.8) is 0 Å². The maximum absolute atomic E-state index is 10.5. The Hall–Kier alpha value is -0.640. The summed E-state index contributed by atoms with van der Waals surface area (Å²) in [6, 6.07) is 10.0. The molecule has 0 aliphatic carbocycles. The van der Waals surface area contributed by atoms with Crippen molar-refractivity contribution in [3.8, 4) is 0 Å². The Bertz CT molecular complexity index is 462. The Labute approximate surface area is 108 Å². The van der Waals surface area contributed by atoms with Crippen molar-refractivity contribution in [3.05, 3.63) is 56.7 Å². The number of hydrogen-bond donors (Lipinski definition) is 1. The fourth-order valence-electron chi connectivity index (χ4n) is 1.75. The molecule has 0 radical (unpaired) electrons. The Kier molecular flexibility index (Phi) is 3.47. The first kappa shape index (κ1) is 11.8. The van der Waals surface area contributed by atoms with E-state index in [1.54, 1.807) is 11.3 Å². The summed E-state index contributed by atoms with van der Waals surface area (Å²) in [4.78, 5) is 0. The van der Waals surface area contributed by atoms with Gasteiger partial charge in [0.05, 0.1) is 5.60 Å². The summed E-state index contributed by atoms with van der Waals surface area (Å²) in [5, 5.41) is 14.5. The topological polar surface area (TPSA) is 20.2 Å². The van der Waals surface area contributed by atoms with Crippen LogP contribution in [0.1, 0.15) is 18.1 Å². The molecule has 2 rings (SSSR count). The van der Waals surface area contributed by atoms with Crippen LogP contribution in [0.15, 0.2) is 45.6 Å². The Morgan fingerprint density at radius 3 is 2.50 bits per heavy atom. The monoisotopic (exact) mass is 296 g/mol. The molecule has 1 heterocycles. The van der Waals surface area contributed by atoms with Gasteiger partial charge in [-0.25, -0.2) is 0 Å². The van der Waals surface area contributed by atoms with Crippen LogP contribution in [0.3, 0.4) is 0 Å². The van der Waals surface area contributed by atoms with E-state index in [-0.39, 0.29) is 0 Å². The Balaban J connectivity index is 2.24. The van der Waals surface area contributed by atoms with Crippen LogP contribution >= 0.6 is 27.3 Å². The number of benzene rings is 1. The van der Waals surface area contributed by atoms with E-state index >= 15 is 0 Å². The van der Waals surface area contributed by atoms with Crippen molar-refractivity contribution < 1.29 is 5.11 Å². The fraction of sp³-hybridized carbons (Fsp3) is 0.231. The zero-order valence-corrected chi connectivity index (χ0v) is 11.4. The molecule has 0 amide bonds.